The molecule has 0 saturated heterocycles. The van der Waals surface area contributed by atoms with E-state index in [1.54, 1.807) is 6.92 Å². The first kappa shape index (κ1) is 14.7. The Kier molecular flexibility index (Phi) is 7.06. The van der Waals surface area contributed by atoms with Crippen molar-refractivity contribution >= 4 is 5.97 Å². The van der Waals surface area contributed by atoms with Crippen molar-refractivity contribution in [3.8, 4) is 0 Å². The van der Waals surface area contributed by atoms with E-state index >= 15 is 0 Å². The summed E-state index contributed by atoms with van der Waals surface area (Å²) in [5.74, 6) is -0.205. The summed E-state index contributed by atoms with van der Waals surface area (Å²) < 4.78 is 4.95. The molecule has 4 heteroatoms. The average Bonchev–Trinajstić information content (AvgIpc) is 2.37. The lowest BCUT2D eigenvalue weighted by molar-refractivity contribution is -0.143. The van der Waals surface area contributed by atoms with Crippen LogP contribution in [0.1, 0.15) is 18.9 Å². The lowest BCUT2D eigenvalue weighted by Gasteiger charge is -2.17. The summed E-state index contributed by atoms with van der Waals surface area (Å²) in [5, 5.41) is 12.0. The minimum Gasteiger partial charge on any atom is -0.466 e. The molecule has 1 aromatic carbocycles. The van der Waals surface area contributed by atoms with Gasteiger partial charge in [0.05, 0.1) is 19.6 Å². The first-order chi connectivity index (χ1) is 8.76. The van der Waals surface area contributed by atoms with Gasteiger partial charge in [0.15, 0.2) is 0 Å². The molecule has 0 fully saturated rings. The maximum atomic E-state index is 11.5. The normalized spacial score (nSPS) is 12.1. The highest BCUT2D eigenvalue weighted by Crippen LogP contribution is 2.06. The SMILES string of the molecule is CCOC(=O)CC(Cc1ccccc1)NCCO. The van der Waals surface area contributed by atoms with Crippen LogP contribution >= 0.6 is 0 Å². The molecular weight excluding hydrogens is 230 g/mol. The van der Waals surface area contributed by atoms with Crippen molar-refractivity contribution in [3.63, 3.8) is 0 Å². The number of carbonyl (C=O) groups excluding carboxylic acids is 1. The van der Waals surface area contributed by atoms with Crippen LogP contribution < -0.4 is 5.32 Å². The number of aliphatic hydroxyl groups excluding tert-OH is 1. The van der Waals surface area contributed by atoms with E-state index in [1.165, 1.54) is 0 Å². The van der Waals surface area contributed by atoms with Gasteiger partial charge in [-0.25, -0.2) is 0 Å². The molecule has 0 aromatic heterocycles. The zero-order chi connectivity index (χ0) is 13.2. The van der Waals surface area contributed by atoms with Gasteiger partial charge in [-0.15, -0.1) is 0 Å². The van der Waals surface area contributed by atoms with Gasteiger partial charge in [-0.1, -0.05) is 30.3 Å². The lowest BCUT2D eigenvalue weighted by Crippen LogP contribution is -2.35. The van der Waals surface area contributed by atoms with Crippen molar-refractivity contribution < 1.29 is 14.6 Å². The van der Waals surface area contributed by atoms with Gasteiger partial charge in [-0.3, -0.25) is 4.79 Å². The quantitative estimate of drug-likeness (QED) is 0.680. The van der Waals surface area contributed by atoms with Gasteiger partial charge in [0.2, 0.25) is 0 Å². The number of rotatable bonds is 8. The van der Waals surface area contributed by atoms with E-state index < -0.39 is 0 Å². The first-order valence-corrected chi connectivity index (χ1v) is 6.30. The highest BCUT2D eigenvalue weighted by molar-refractivity contribution is 5.70. The minimum absolute atomic E-state index is 0.00130. The predicted molar refractivity (Wildman–Crippen MR) is 70.3 cm³/mol. The van der Waals surface area contributed by atoms with E-state index in [0.717, 1.165) is 12.0 Å². The van der Waals surface area contributed by atoms with Crippen LogP contribution in [0.3, 0.4) is 0 Å². The molecule has 100 valence electrons. The second-order valence-corrected chi connectivity index (χ2v) is 4.07. The summed E-state index contributed by atoms with van der Waals surface area (Å²) in [6.45, 7) is 2.74. The molecule has 0 radical (unpaired) electrons. The molecule has 0 aliphatic carbocycles. The molecule has 0 amide bonds. The number of nitrogens with one attached hydrogen (secondary N) is 1. The van der Waals surface area contributed by atoms with Gasteiger partial charge in [0.25, 0.3) is 0 Å². The second kappa shape index (κ2) is 8.66. The molecule has 0 aliphatic rings. The molecule has 0 bridgehead atoms. The Labute approximate surface area is 108 Å². The van der Waals surface area contributed by atoms with Crippen molar-refractivity contribution in [1.82, 2.24) is 5.32 Å². The molecule has 2 N–H and O–H groups in total. The molecule has 0 spiro atoms. The maximum absolute atomic E-state index is 11.5. The van der Waals surface area contributed by atoms with E-state index in [2.05, 4.69) is 5.32 Å². The second-order valence-electron chi connectivity index (χ2n) is 4.07. The zero-order valence-corrected chi connectivity index (χ0v) is 10.8. The molecule has 0 saturated carbocycles. The van der Waals surface area contributed by atoms with E-state index in [1.807, 2.05) is 30.3 Å². The molecule has 1 aromatic rings. The highest BCUT2D eigenvalue weighted by atomic mass is 16.5. The van der Waals surface area contributed by atoms with Gasteiger partial charge in [0.1, 0.15) is 0 Å². The molecule has 4 nitrogen and oxygen atoms in total. The number of benzene rings is 1. The topological polar surface area (TPSA) is 58.6 Å². The van der Waals surface area contributed by atoms with Crippen LogP contribution in [0, 0.1) is 0 Å². The van der Waals surface area contributed by atoms with Crippen molar-refractivity contribution in [3.05, 3.63) is 35.9 Å². The van der Waals surface area contributed by atoms with Crippen LogP contribution in [-0.2, 0) is 16.0 Å². The van der Waals surface area contributed by atoms with Crippen LogP contribution in [0.4, 0.5) is 0 Å². The standard InChI is InChI=1S/C14H21NO3/c1-2-18-14(17)11-13(15-8-9-16)10-12-6-4-3-5-7-12/h3-7,13,15-16H,2,8-11H2,1H3. The third-order valence-electron chi connectivity index (χ3n) is 2.59. The van der Waals surface area contributed by atoms with Crippen molar-refractivity contribution in [1.29, 1.82) is 0 Å². The summed E-state index contributed by atoms with van der Waals surface area (Å²) in [6.07, 6.45) is 1.07. The number of hydrogen-bond donors (Lipinski definition) is 2. The number of hydrogen-bond acceptors (Lipinski definition) is 4. The van der Waals surface area contributed by atoms with E-state index in [4.69, 9.17) is 9.84 Å². The Morgan fingerprint density at radius 3 is 2.72 bits per heavy atom. The highest BCUT2D eigenvalue weighted by Gasteiger charge is 2.14. The number of aliphatic hydroxyl groups is 1. The van der Waals surface area contributed by atoms with E-state index in [9.17, 15) is 4.79 Å². The molecule has 0 aliphatic heterocycles. The largest absolute Gasteiger partial charge is 0.466 e. The number of ether oxygens (including phenoxy) is 1. The molecular formula is C14H21NO3. The summed E-state index contributed by atoms with van der Waals surface area (Å²) in [4.78, 5) is 11.5. The van der Waals surface area contributed by atoms with Gasteiger partial charge >= 0.3 is 5.97 Å². The van der Waals surface area contributed by atoms with Crippen molar-refractivity contribution in [2.45, 2.75) is 25.8 Å². The Morgan fingerprint density at radius 2 is 2.11 bits per heavy atom. The molecule has 18 heavy (non-hydrogen) atoms. The van der Waals surface area contributed by atoms with Gasteiger partial charge < -0.3 is 15.2 Å². The van der Waals surface area contributed by atoms with Crippen molar-refractivity contribution in [2.24, 2.45) is 0 Å². The van der Waals surface area contributed by atoms with Crippen molar-refractivity contribution in [2.75, 3.05) is 19.8 Å². The Balaban J connectivity index is 2.52. The Hall–Kier alpha value is -1.39. The summed E-state index contributed by atoms with van der Waals surface area (Å²) in [7, 11) is 0. The number of esters is 1. The molecule has 1 rings (SSSR count). The van der Waals surface area contributed by atoms with E-state index in [-0.39, 0.29) is 18.6 Å². The fourth-order valence-electron chi connectivity index (χ4n) is 1.80. The third kappa shape index (κ3) is 5.80. The van der Waals surface area contributed by atoms with Crippen LogP contribution in [0.25, 0.3) is 0 Å². The summed E-state index contributed by atoms with van der Waals surface area (Å²) >= 11 is 0. The van der Waals surface area contributed by atoms with Crippen LogP contribution in [0.2, 0.25) is 0 Å². The molecule has 0 heterocycles. The molecule has 1 unspecified atom stereocenters. The smallest absolute Gasteiger partial charge is 0.307 e. The first-order valence-electron chi connectivity index (χ1n) is 6.30. The fraction of sp³-hybridized carbons (Fsp3) is 0.500. The summed E-state index contributed by atoms with van der Waals surface area (Å²) in [6, 6.07) is 9.97. The third-order valence-corrected chi connectivity index (χ3v) is 2.59. The van der Waals surface area contributed by atoms with E-state index in [0.29, 0.717) is 19.6 Å². The lowest BCUT2D eigenvalue weighted by atomic mass is 10.0. The van der Waals surface area contributed by atoms with Gasteiger partial charge in [0, 0.05) is 12.6 Å². The Bertz CT molecular complexity index is 340. The fourth-order valence-corrected chi connectivity index (χ4v) is 1.80. The van der Waals surface area contributed by atoms with Crippen LogP contribution in [-0.4, -0.2) is 36.9 Å². The van der Waals surface area contributed by atoms with Gasteiger partial charge in [-0.05, 0) is 18.9 Å². The zero-order valence-electron chi connectivity index (χ0n) is 10.8. The monoisotopic (exact) mass is 251 g/mol. The maximum Gasteiger partial charge on any atom is 0.307 e. The van der Waals surface area contributed by atoms with Gasteiger partial charge in [-0.2, -0.15) is 0 Å². The minimum atomic E-state index is -0.205. The predicted octanol–water partition coefficient (Wildman–Crippen LogP) is 1.13. The summed E-state index contributed by atoms with van der Waals surface area (Å²) in [5.41, 5.74) is 1.16. The number of carbonyl (C=O) groups is 1. The Morgan fingerprint density at radius 1 is 1.39 bits per heavy atom. The van der Waals surface area contributed by atoms with Crippen LogP contribution in [0.5, 0.6) is 0 Å². The van der Waals surface area contributed by atoms with Crippen LogP contribution in [0.15, 0.2) is 30.3 Å². The average molecular weight is 251 g/mol. The molecule has 1 atom stereocenters.